The van der Waals surface area contributed by atoms with E-state index in [0.717, 1.165) is 18.4 Å². The van der Waals surface area contributed by atoms with Gasteiger partial charge in [0.05, 0.1) is 0 Å². The zero-order chi connectivity index (χ0) is 24.4. The molecule has 2 N–H and O–H groups in total. The first-order valence-electron chi connectivity index (χ1n) is 11.6. The van der Waals surface area contributed by atoms with Gasteiger partial charge in [0.1, 0.15) is 19.1 Å². The topological polar surface area (TPSA) is 117 Å². The molecule has 2 aromatic rings. The van der Waals surface area contributed by atoms with E-state index < -0.39 is 11.9 Å². The van der Waals surface area contributed by atoms with Crippen LogP contribution in [0.25, 0.3) is 0 Å². The summed E-state index contributed by atoms with van der Waals surface area (Å²) in [6.45, 7) is 0.860. The molecule has 35 heavy (non-hydrogen) atoms. The number of hydrogen-bond acceptors (Lipinski definition) is 6. The number of amides is 4. The van der Waals surface area contributed by atoms with Crippen LogP contribution in [0.5, 0.6) is 11.5 Å². The fraction of sp³-hybridized carbons (Fsp3) is 0.360. The van der Waals surface area contributed by atoms with E-state index in [9.17, 15) is 19.2 Å². The zero-order valence-electron chi connectivity index (χ0n) is 19.1. The Bertz CT molecular complexity index is 1170. The number of anilines is 1. The Hall–Kier alpha value is -4.08. The van der Waals surface area contributed by atoms with E-state index in [-0.39, 0.29) is 37.6 Å². The van der Waals surface area contributed by atoms with Gasteiger partial charge in [0.15, 0.2) is 11.5 Å². The van der Waals surface area contributed by atoms with Crippen molar-refractivity contribution < 1.29 is 28.7 Å². The van der Waals surface area contributed by atoms with Crippen LogP contribution in [-0.2, 0) is 20.9 Å². The molecule has 3 aliphatic heterocycles. The molecule has 10 heteroatoms. The van der Waals surface area contributed by atoms with Crippen molar-refractivity contribution >= 4 is 29.3 Å². The number of benzene rings is 2. The highest BCUT2D eigenvalue weighted by Gasteiger charge is 2.40. The predicted molar refractivity (Wildman–Crippen MR) is 125 cm³/mol. The zero-order valence-corrected chi connectivity index (χ0v) is 19.1. The van der Waals surface area contributed by atoms with Gasteiger partial charge in [-0.3, -0.25) is 19.2 Å². The molecule has 2 aromatic carbocycles. The minimum atomic E-state index is -0.451. The number of ether oxygens (including phenoxy) is 2. The van der Waals surface area contributed by atoms with E-state index in [0.29, 0.717) is 42.3 Å². The summed E-state index contributed by atoms with van der Waals surface area (Å²) in [5.74, 6) is 0.408. The number of carbonyl (C=O) groups is 4. The second-order valence-corrected chi connectivity index (χ2v) is 8.79. The number of rotatable bonds is 6. The third-order valence-electron chi connectivity index (χ3n) is 6.40. The predicted octanol–water partition coefficient (Wildman–Crippen LogP) is 1.51. The van der Waals surface area contributed by atoms with E-state index >= 15 is 0 Å². The molecular weight excluding hydrogens is 452 g/mol. The maximum atomic E-state index is 12.7. The second kappa shape index (κ2) is 9.65. The van der Waals surface area contributed by atoms with E-state index in [1.165, 1.54) is 4.90 Å². The van der Waals surface area contributed by atoms with Crippen molar-refractivity contribution in [2.75, 3.05) is 31.7 Å². The van der Waals surface area contributed by atoms with Gasteiger partial charge < -0.3 is 29.9 Å². The maximum Gasteiger partial charge on any atom is 0.251 e. The fourth-order valence-electron chi connectivity index (χ4n) is 4.58. The highest BCUT2D eigenvalue weighted by atomic mass is 16.7. The molecule has 4 amide bonds. The number of piperazine rings is 1. The Balaban J connectivity index is 1.12. The molecule has 5 rings (SSSR count). The van der Waals surface area contributed by atoms with Gasteiger partial charge in [-0.05, 0) is 61.2 Å². The van der Waals surface area contributed by atoms with E-state index in [4.69, 9.17) is 9.47 Å². The molecular formula is C25H26N4O6. The molecule has 0 aliphatic carbocycles. The van der Waals surface area contributed by atoms with Gasteiger partial charge in [-0.2, -0.15) is 0 Å². The monoisotopic (exact) mass is 478 g/mol. The van der Waals surface area contributed by atoms with Crippen molar-refractivity contribution in [2.24, 2.45) is 0 Å². The standard InChI is InChI=1S/C25H26N4O6/c30-22(13-28-14-23(31)29-10-2-1-3-19(29)25(28)33)27-18-7-5-17(6-8-18)24(32)26-12-16-4-9-20-21(11-16)35-15-34-20/h4-9,11,19H,1-3,10,12-15H2,(H,26,32)(H,27,30). The highest BCUT2D eigenvalue weighted by molar-refractivity contribution is 6.00. The van der Waals surface area contributed by atoms with E-state index in [1.807, 2.05) is 12.1 Å². The van der Waals surface area contributed by atoms with Crippen LogP contribution in [0.15, 0.2) is 42.5 Å². The van der Waals surface area contributed by atoms with Crippen molar-refractivity contribution in [3.05, 3.63) is 53.6 Å². The number of hydrogen-bond donors (Lipinski definition) is 2. The number of piperidine rings is 1. The molecule has 182 valence electrons. The average molecular weight is 479 g/mol. The lowest BCUT2D eigenvalue weighted by Crippen LogP contribution is -2.62. The fourth-order valence-corrected chi connectivity index (χ4v) is 4.58. The van der Waals surface area contributed by atoms with E-state index in [1.54, 1.807) is 35.2 Å². The molecule has 0 saturated carbocycles. The molecule has 10 nitrogen and oxygen atoms in total. The van der Waals surface area contributed by atoms with Crippen LogP contribution in [0.2, 0.25) is 0 Å². The number of carbonyl (C=O) groups excluding carboxylic acids is 4. The summed E-state index contributed by atoms with van der Waals surface area (Å²) in [7, 11) is 0. The van der Waals surface area contributed by atoms with Gasteiger partial charge in [0, 0.05) is 24.3 Å². The van der Waals surface area contributed by atoms with Crippen LogP contribution in [-0.4, -0.2) is 65.9 Å². The molecule has 2 saturated heterocycles. The van der Waals surface area contributed by atoms with Crippen molar-refractivity contribution in [2.45, 2.75) is 31.8 Å². The normalized spacial score (nSPS) is 18.8. The van der Waals surface area contributed by atoms with Gasteiger partial charge in [-0.25, -0.2) is 0 Å². The van der Waals surface area contributed by atoms with Gasteiger partial charge >= 0.3 is 0 Å². The minimum Gasteiger partial charge on any atom is -0.454 e. The molecule has 0 radical (unpaired) electrons. The molecule has 2 fully saturated rings. The Morgan fingerprint density at radius 2 is 1.80 bits per heavy atom. The third kappa shape index (κ3) is 4.91. The summed E-state index contributed by atoms with van der Waals surface area (Å²) >= 11 is 0. The molecule has 0 bridgehead atoms. The first kappa shape index (κ1) is 22.7. The summed E-state index contributed by atoms with van der Waals surface area (Å²) in [6.07, 6.45) is 2.44. The van der Waals surface area contributed by atoms with Crippen LogP contribution >= 0.6 is 0 Å². The summed E-state index contributed by atoms with van der Waals surface area (Å²) in [6, 6.07) is 11.5. The number of nitrogens with zero attached hydrogens (tertiary/aromatic N) is 2. The summed E-state index contributed by atoms with van der Waals surface area (Å²) in [5.41, 5.74) is 1.82. The quantitative estimate of drug-likeness (QED) is 0.650. The number of fused-ring (bicyclic) bond motifs is 2. The van der Waals surface area contributed by atoms with Crippen molar-refractivity contribution in [3.8, 4) is 11.5 Å². The number of nitrogens with one attached hydrogen (secondary N) is 2. The van der Waals surface area contributed by atoms with Gasteiger partial charge in [0.25, 0.3) is 5.91 Å². The molecule has 3 aliphatic rings. The van der Waals surface area contributed by atoms with Gasteiger partial charge in [-0.1, -0.05) is 6.07 Å². The maximum absolute atomic E-state index is 12.7. The van der Waals surface area contributed by atoms with Gasteiger partial charge in [-0.15, -0.1) is 0 Å². The first-order valence-corrected chi connectivity index (χ1v) is 11.6. The SMILES string of the molecule is O=C(CN1CC(=O)N2CCCCC2C1=O)Nc1ccc(C(=O)NCc2ccc3c(c2)OCO3)cc1. The van der Waals surface area contributed by atoms with Crippen LogP contribution in [0.1, 0.15) is 35.2 Å². The Morgan fingerprint density at radius 1 is 1.00 bits per heavy atom. The second-order valence-electron chi connectivity index (χ2n) is 8.79. The molecule has 3 heterocycles. The van der Waals surface area contributed by atoms with Crippen LogP contribution < -0.4 is 20.1 Å². The highest BCUT2D eigenvalue weighted by Crippen LogP contribution is 2.32. The van der Waals surface area contributed by atoms with Crippen LogP contribution in [0, 0.1) is 0 Å². The summed E-state index contributed by atoms with van der Waals surface area (Å²) in [5, 5.41) is 5.58. The smallest absolute Gasteiger partial charge is 0.251 e. The van der Waals surface area contributed by atoms with E-state index in [2.05, 4.69) is 10.6 Å². The van der Waals surface area contributed by atoms with Gasteiger partial charge in [0.2, 0.25) is 24.5 Å². The van der Waals surface area contributed by atoms with Crippen molar-refractivity contribution in [1.29, 1.82) is 0 Å². The lowest BCUT2D eigenvalue weighted by atomic mass is 9.98. The van der Waals surface area contributed by atoms with Crippen LogP contribution in [0.4, 0.5) is 5.69 Å². The molecule has 0 spiro atoms. The summed E-state index contributed by atoms with van der Waals surface area (Å²) < 4.78 is 10.6. The average Bonchev–Trinajstić information content (AvgIpc) is 3.34. The molecule has 1 unspecified atom stereocenters. The Labute approximate surface area is 202 Å². The lowest BCUT2D eigenvalue weighted by Gasteiger charge is -2.42. The van der Waals surface area contributed by atoms with Crippen molar-refractivity contribution in [3.63, 3.8) is 0 Å². The lowest BCUT2D eigenvalue weighted by molar-refractivity contribution is -0.158. The third-order valence-corrected chi connectivity index (χ3v) is 6.40. The molecule has 0 aromatic heterocycles. The minimum absolute atomic E-state index is 0.0781. The largest absolute Gasteiger partial charge is 0.454 e. The van der Waals surface area contributed by atoms with Crippen LogP contribution in [0.3, 0.4) is 0 Å². The Kier molecular flexibility index (Phi) is 6.26. The Morgan fingerprint density at radius 3 is 2.63 bits per heavy atom. The summed E-state index contributed by atoms with van der Waals surface area (Å²) in [4.78, 5) is 53.1. The molecule has 1 atom stereocenters. The first-order chi connectivity index (χ1) is 17.0. The van der Waals surface area contributed by atoms with Crippen molar-refractivity contribution in [1.82, 2.24) is 15.1 Å².